The normalized spacial score (nSPS) is 20.6. The Morgan fingerprint density at radius 2 is 2.12 bits per heavy atom. The number of hydrogen-bond donors (Lipinski definition) is 0. The average Bonchev–Trinajstić information content (AvgIpc) is 2.17. The van der Waals surface area contributed by atoms with Gasteiger partial charge in [0.05, 0.1) is 19.1 Å². The summed E-state index contributed by atoms with van der Waals surface area (Å²) < 4.78 is 42.7. The van der Waals surface area contributed by atoms with Crippen LogP contribution < -0.4 is 0 Å². The Labute approximate surface area is 99.7 Å². The molecule has 0 amide bonds. The summed E-state index contributed by atoms with van der Waals surface area (Å²) >= 11 is 3.35. The minimum atomic E-state index is -4.16. The molecule has 2 rings (SSSR count). The molecule has 16 heavy (non-hydrogen) atoms. The van der Waals surface area contributed by atoms with Gasteiger partial charge < -0.3 is 4.74 Å². The molecule has 88 valence electrons. The Hall–Kier alpha value is -0.550. The van der Waals surface area contributed by atoms with E-state index in [4.69, 9.17) is 4.74 Å². The minimum Gasteiger partial charge on any atom is -0.373 e. The number of hydrogen-bond acceptors (Lipinski definition) is 1. The van der Waals surface area contributed by atoms with Crippen LogP contribution in [0.3, 0.4) is 0 Å². The van der Waals surface area contributed by atoms with Gasteiger partial charge >= 0.3 is 6.18 Å². The molecule has 1 atom stereocenters. The van der Waals surface area contributed by atoms with Crippen molar-refractivity contribution in [1.82, 2.24) is 0 Å². The Balaban J connectivity index is 2.14. The summed E-state index contributed by atoms with van der Waals surface area (Å²) in [5.41, 5.74) is 1.90. The number of alkyl halides is 3. The topological polar surface area (TPSA) is 9.23 Å². The summed E-state index contributed by atoms with van der Waals surface area (Å²) in [6, 6.07) is 5.58. The van der Waals surface area contributed by atoms with Crippen molar-refractivity contribution in [3.63, 3.8) is 0 Å². The lowest BCUT2D eigenvalue weighted by atomic mass is 9.97. The average molecular weight is 295 g/mol. The Morgan fingerprint density at radius 1 is 1.38 bits per heavy atom. The molecule has 0 saturated carbocycles. The molecule has 0 aliphatic carbocycles. The predicted molar refractivity (Wildman–Crippen MR) is 57.1 cm³/mol. The third-order valence-corrected chi connectivity index (χ3v) is 3.32. The van der Waals surface area contributed by atoms with Gasteiger partial charge in [0.1, 0.15) is 0 Å². The molecular formula is C11H10BrF3O. The van der Waals surface area contributed by atoms with E-state index in [9.17, 15) is 13.2 Å². The Morgan fingerprint density at radius 3 is 2.81 bits per heavy atom. The second-order valence-electron chi connectivity index (χ2n) is 3.83. The highest BCUT2D eigenvalue weighted by Gasteiger charge is 2.34. The maximum Gasteiger partial charge on any atom is 0.391 e. The maximum absolute atomic E-state index is 12.2. The lowest BCUT2D eigenvalue weighted by Gasteiger charge is -2.26. The van der Waals surface area contributed by atoms with Crippen molar-refractivity contribution in [3.8, 4) is 0 Å². The van der Waals surface area contributed by atoms with E-state index in [1.165, 1.54) is 0 Å². The van der Waals surface area contributed by atoms with E-state index in [-0.39, 0.29) is 6.61 Å². The van der Waals surface area contributed by atoms with Gasteiger partial charge in [-0.1, -0.05) is 28.1 Å². The smallest absolute Gasteiger partial charge is 0.373 e. The highest BCUT2D eigenvalue weighted by Crippen LogP contribution is 2.32. The van der Waals surface area contributed by atoms with E-state index in [1.807, 2.05) is 18.2 Å². The van der Waals surface area contributed by atoms with Crippen LogP contribution in [0.2, 0.25) is 0 Å². The fraction of sp³-hybridized carbons (Fsp3) is 0.455. The monoisotopic (exact) mass is 294 g/mol. The van der Waals surface area contributed by atoms with Gasteiger partial charge in [0, 0.05) is 10.9 Å². The first-order valence-corrected chi connectivity index (χ1v) is 5.69. The molecule has 1 aliphatic heterocycles. The molecule has 1 aromatic carbocycles. The Kier molecular flexibility index (Phi) is 3.26. The van der Waals surface area contributed by atoms with Crippen LogP contribution >= 0.6 is 15.9 Å². The zero-order valence-corrected chi connectivity index (χ0v) is 9.94. The van der Waals surface area contributed by atoms with E-state index in [2.05, 4.69) is 15.9 Å². The highest BCUT2D eigenvalue weighted by molar-refractivity contribution is 9.10. The molecule has 1 heterocycles. The zero-order valence-electron chi connectivity index (χ0n) is 8.35. The van der Waals surface area contributed by atoms with Gasteiger partial charge in [-0.15, -0.1) is 0 Å². The van der Waals surface area contributed by atoms with E-state index >= 15 is 0 Å². The minimum absolute atomic E-state index is 0.259. The fourth-order valence-electron chi connectivity index (χ4n) is 1.85. The van der Waals surface area contributed by atoms with E-state index in [1.54, 1.807) is 0 Å². The van der Waals surface area contributed by atoms with Crippen LogP contribution in [0.5, 0.6) is 0 Å². The molecule has 0 N–H and O–H groups in total. The van der Waals surface area contributed by atoms with Crippen LogP contribution in [0.1, 0.15) is 17.5 Å². The number of fused-ring (bicyclic) bond motifs is 1. The lowest BCUT2D eigenvalue weighted by Crippen LogP contribution is -2.28. The maximum atomic E-state index is 12.2. The quantitative estimate of drug-likeness (QED) is 0.765. The lowest BCUT2D eigenvalue weighted by molar-refractivity contribution is -0.163. The molecule has 5 heteroatoms. The van der Waals surface area contributed by atoms with Crippen LogP contribution in [0, 0.1) is 0 Å². The summed E-state index contributed by atoms with van der Waals surface area (Å²) in [6.45, 7) is 0.259. The molecule has 0 aromatic heterocycles. The van der Waals surface area contributed by atoms with Crippen LogP contribution in [0.15, 0.2) is 22.7 Å². The third-order valence-electron chi connectivity index (χ3n) is 2.58. The van der Waals surface area contributed by atoms with E-state index in [0.29, 0.717) is 6.42 Å². The van der Waals surface area contributed by atoms with Gasteiger partial charge in [0.25, 0.3) is 0 Å². The van der Waals surface area contributed by atoms with Crippen molar-refractivity contribution in [2.45, 2.75) is 31.7 Å². The molecular weight excluding hydrogens is 285 g/mol. The SMILES string of the molecule is FC(F)(F)CC1Cc2c(Br)cccc2CO1. The summed E-state index contributed by atoms with van der Waals surface area (Å²) in [4.78, 5) is 0. The summed E-state index contributed by atoms with van der Waals surface area (Å²) in [5, 5.41) is 0. The van der Waals surface area contributed by atoms with Gasteiger partial charge in [-0.25, -0.2) is 0 Å². The zero-order chi connectivity index (χ0) is 11.8. The first kappa shape index (κ1) is 11.9. The fourth-order valence-corrected chi connectivity index (χ4v) is 2.42. The van der Waals surface area contributed by atoms with Gasteiger partial charge in [-0.2, -0.15) is 13.2 Å². The third kappa shape index (κ3) is 2.77. The molecule has 1 nitrogen and oxygen atoms in total. The standard InChI is InChI=1S/C11H10BrF3O/c12-10-3-1-2-7-6-16-8(4-9(7)10)5-11(13,14)15/h1-3,8H,4-6H2. The largest absolute Gasteiger partial charge is 0.391 e. The molecule has 0 bridgehead atoms. The highest BCUT2D eigenvalue weighted by atomic mass is 79.9. The van der Waals surface area contributed by atoms with Gasteiger partial charge in [0.15, 0.2) is 0 Å². The van der Waals surface area contributed by atoms with Crippen LogP contribution in [0.4, 0.5) is 13.2 Å². The van der Waals surface area contributed by atoms with E-state index < -0.39 is 18.7 Å². The second-order valence-corrected chi connectivity index (χ2v) is 4.69. The number of benzene rings is 1. The number of rotatable bonds is 1. The molecule has 0 spiro atoms. The van der Waals surface area contributed by atoms with Gasteiger partial charge in [0.2, 0.25) is 0 Å². The summed E-state index contributed by atoms with van der Waals surface area (Å²) in [7, 11) is 0. The van der Waals surface area contributed by atoms with Crippen molar-refractivity contribution < 1.29 is 17.9 Å². The van der Waals surface area contributed by atoms with Crippen LogP contribution in [-0.4, -0.2) is 12.3 Å². The van der Waals surface area contributed by atoms with Crippen molar-refractivity contribution in [2.24, 2.45) is 0 Å². The van der Waals surface area contributed by atoms with Crippen LogP contribution in [-0.2, 0) is 17.8 Å². The van der Waals surface area contributed by atoms with Crippen molar-refractivity contribution in [2.75, 3.05) is 0 Å². The summed E-state index contributed by atoms with van der Waals surface area (Å²) in [6.07, 6.45) is -5.49. The van der Waals surface area contributed by atoms with Crippen molar-refractivity contribution in [3.05, 3.63) is 33.8 Å². The first-order valence-electron chi connectivity index (χ1n) is 4.90. The number of halogens is 4. The second kappa shape index (κ2) is 4.37. The van der Waals surface area contributed by atoms with Gasteiger partial charge in [-0.05, 0) is 17.2 Å². The first-order chi connectivity index (χ1) is 7.46. The van der Waals surface area contributed by atoms with Crippen LogP contribution in [0.25, 0.3) is 0 Å². The van der Waals surface area contributed by atoms with Crippen molar-refractivity contribution >= 4 is 15.9 Å². The molecule has 0 saturated heterocycles. The summed E-state index contributed by atoms with van der Waals surface area (Å²) in [5.74, 6) is 0. The van der Waals surface area contributed by atoms with Gasteiger partial charge in [-0.3, -0.25) is 0 Å². The number of ether oxygens (including phenoxy) is 1. The molecule has 1 aromatic rings. The van der Waals surface area contributed by atoms with E-state index in [0.717, 1.165) is 15.6 Å². The van der Waals surface area contributed by atoms with Crippen molar-refractivity contribution in [1.29, 1.82) is 0 Å². The molecule has 1 aliphatic rings. The Bertz CT molecular complexity index is 389. The molecule has 0 radical (unpaired) electrons. The predicted octanol–water partition coefficient (Wildman–Crippen LogP) is 3.84. The molecule has 0 fully saturated rings. The molecule has 1 unspecified atom stereocenters.